The van der Waals surface area contributed by atoms with Gasteiger partial charge in [-0.1, -0.05) is 18.2 Å². The van der Waals surface area contributed by atoms with E-state index in [0.717, 1.165) is 10.9 Å². The first-order valence-corrected chi connectivity index (χ1v) is 7.90. The van der Waals surface area contributed by atoms with Crippen LogP contribution in [0.15, 0.2) is 42.7 Å². The molecule has 7 heteroatoms. The van der Waals surface area contributed by atoms with E-state index >= 15 is 0 Å². The van der Waals surface area contributed by atoms with Crippen molar-refractivity contribution in [3.05, 3.63) is 70.5 Å². The molecule has 0 aliphatic rings. The van der Waals surface area contributed by atoms with E-state index in [4.69, 9.17) is 17.3 Å². The van der Waals surface area contributed by atoms with Gasteiger partial charge in [0, 0.05) is 40.7 Å². The minimum Gasteiger partial charge on any atom is -0.366 e. The van der Waals surface area contributed by atoms with Gasteiger partial charge in [-0.3, -0.25) is 4.79 Å². The van der Waals surface area contributed by atoms with Gasteiger partial charge in [0.1, 0.15) is 5.82 Å². The lowest BCUT2D eigenvalue weighted by Crippen LogP contribution is -2.13. The molecule has 0 saturated carbocycles. The maximum Gasteiger partial charge on any atom is 0.250 e. The second kappa shape index (κ2) is 5.82. The van der Waals surface area contributed by atoms with Gasteiger partial charge in [0.15, 0.2) is 0 Å². The summed E-state index contributed by atoms with van der Waals surface area (Å²) in [5.74, 6) is -1.18. The first kappa shape index (κ1) is 15.5. The van der Waals surface area contributed by atoms with Gasteiger partial charge in [-0.05, 0) is 29.3 Å². The monoisotopic (exact) mass is 354 g/mol. The van der Waals surface area contributed by atoms with Gasteiger partial charge in [-0.25, -0.2) is 14.4 Å². The molecule has 124 valence electrons. The fourth-order valence-electron chi connectivity index (χ4n) is 3.06. The number of hydrogen-bond acceptors (Lipinski definition) is 3. The number of primary amides is 1. The van der Waals surface area contributed by atoms with E-state index in [1.165, 1.54) is 6.07 Å². The van der Waals surface area contributed by atoms with Crippen molar-refractivity contribution in [3.63, 3.8) is 0 Å². The van der Waals surface area contributed by atoms with E-state index in [-0.39, 0.29) is 17.3 Å². The Labute approximate surface area is 146 Å². The number of amides is 1. The number of fused-ring (bicyclic) bond motifs is 3. The van der Waals surface area contributed by atoms with Gasteiger partial charge in [0.05, 0.1) is 11.1 Å². The largest absolute Gasteiger partial charge is 0.366 e. The number of aromatic amines is 1. The van der Waals surface area contributed by atoms with Crippen LogP contribution in [0.1, 0.15) is 21.5 Å². The smallest absolute Gasteiger partial charge is 0.250 e. The predicted octanol–water partition coefficient (Wildman–Crippen LogP) is 3.59. The van der Waals surface area contributed by atoms with Crippen molar-refractivity contribution in [2.45, 2.75) is 6.42 Å². The Kier molecular flexibility index (Phi) is 3.62. The fraction of sp³-hybridized carbons (Fsp3) is 0.0556. The van der Waals surface area contributed by atoms with Crippen molar-refractivity contribution >= 4 is 39.3 Å². The number of carbonyl (C=O) groups is 1. The highest BCUT2D eigenvalue weighted by atomic mass is 35.5. The van der Waals surface area contributed by atoms with Crippen LogP contribution in [0.2, 0.25) is 5.28 Å². The van der Waals surface area contributed by atoms with E-state index in [1.54, 1.807) is 12.4 Å². The number of carbonyl (C=O) groups excluding carboxylic acids is 1. The van der Waals surface area contributed by atoms with Crippen LogP contribution in [-0.2, 0) is 6.42 Å². The third-order valence-electron chi connectivity index (χ3n) is 4.16. The Hall–Kier alpha value is -2.99. The van der Waals surface area contributed by atoms with E-state index in [0.29, 0.717) is 22.0 Å². The Balaban J connectivity index is 2.02. The average Bonchev–Trinajstić information content (AvgIpc) is 2.98. The number of para-hydroxylation sites is 1. The summed E-state index contributed by atoms with van der Waals surface area (Å²) in [5, 5.41) is 1.59. The molecule has 5 nitrogen and oxygen atoms in total. The average molecular weight is 355 g/mol. The number of aromatic nitrogens is 3. The summed E-state index contributed by atoms with van der Waals surface area (Å²) in [6.07, 6.45) is 3.37. The number of H-pyrrole nitrogens is 1. The van der Waals surface area contributed by atoms with Crippen molar-refractivity contribution in [2.75, 3.05) is 0 Å². The normalized spacial score (nSPS) is 11.3. The molecular formula is C18H12ClFN4O. The summed E-state index contributed by atoms with van der Waals surface area (Å²) in [5.41, 5.74) is 8.04. The number of nitrogens with one attached hydrogen (secondary N) is 1. The topological polar surface area (TPSA) is 84.7 Å². The molecular weight excluding hydrogens is 343 g/mol. The summed E-state index contributed by atoms with van der Waals surface area (Å²) < 4.78 is 14.8. The highest BCUT2D eigenvalue weighted by Crippen LogP contribution is 2.33. The molecule has 0 fully saturated rings. The van der Waals surface area contributed by atoms with Crippen molar-refractivity contribution in [1.82, 2.24) is 15.0 Å². The van der Waals surface area contributed by atoms with Crippen LogP contribution < -0.4 is 5.73 Å². The molecule has 0 saturated heterocycles. The lowest BCUT2D eigenvalue weighted by atomic mass is 9.97. The van der Waals surface area contributed by atoms with Crippen LogP contribution in [0.3, 0.4) is 0 Å². The van der Waals surface area contributed by atoms with E-state index < -0.39 is 11.7 Å². The minimum atomic E-state index is -0.683. The Bertz CT molecular complexity index is 1120. The lowest BCUT2D eigenvalue weighted by Gasteiger charge is -2.09. The molecule has 0 radical (unpaired) electrons. The third kappa shape index (κ3) is 2.60. The van der Waals surface area contributed by atoms with Crippen LogP contribution in [0.5, 0.6) is 0 Å². The first-order chi connectivity index (χ1) is 12.0. The molecule has 4 aromatic rings. The molecule has 3 N–H and O–H groups in total. The molecule has 2 aromatic heterocycles. The summed E-state index contributed by atoms with van der Waals surface area (Å²) >= 11 is 5.70. The molecule has 0 unspecified atom stereocenters. The van der Waals surface area contributed by atoms with Gasteiger partial charge >= 0.3 is 0 Å². The molecule has 25 heavy (non-hydrogen) atoms. The summed E-state index contributed by atoms with van der Waals surface area (Å²) in [6, 6.07) is 8.64. The van der Waals surface area contributed by atoms with Crippen LogP contribution >= 0.6 is 11.6 Å². The van der Waals surface area contributed by atoms with Crippen LogP contribution in [0.4, 0.5) is 4.39 Å². The molecule has 0 aliphatic heterocycles. The molecule has 4 rings (SSSR count). The number of nitrogens with two attached hydrogens (primary N) is 1. The fourth-order valence-corrected chi connectivity index (χ4v) is 3.16. The number of rotatable bonds is 3. The van der Waals surface area contributed by atoms with Crippen LogP contribution in [-0.4, -0.2) is 20.9 Å². The predicted molar refractivity (Wildman–Crippen MR) is 94.1 cm³/mol. The standard InChI is InChI=1S/C18H12ClFN4O/c19-18-22-7-9(8-23-18)5-11-13(20)6-12(17(21)25)16-15(11)10-3-1-2-4-14(10)24-16/h1-4,6-8,24H,5H2,(H2,21,25). The van der Waals surface area contributed by atoms with Crippen molar-refractivity contribution in [3.8, 4) is 0 Å². The second-order valence-electron chi connectivity index (χ2n) is 5.71. The van der Waals surface area contributed by atoms with Gasteiger partial charge < -0.3 is 10.7 Å². The first-order valence-electron chi connectivity index (χ1n) is 7.52. The zero-order valence-electron chi connectivity index (χ0n) is 12.9. The highest BCUT2D eigenvalue weighted by Gasteiger charge is 2.19. The van der Waals surface area contributed by atoms with Gasteiger partial charge in [-0.2, -0.15) is 0 Å². The maximum atomic E-state index is 14.8. The minimum absolute atomic E-state index is 0.125. The van der Waals surface area contributed by atoms with E-state index in [1.807, 2.05) is 24.3 Å². The Morgan fingerprint density at radius 2 is 1.96 bits per heavy atom. The quantitative estimate of drug-likeness (QED) is 0.551. The number of benzene rings is 2. The summed E-state index contributed by atoms with van der Waals surface area (Å²) in [4.78, 5) is 22.8. The van der Waals surface area contributed by atoms with Crippen LogP contribution in [0.25, 0.3) is 21.8 Å². The SMILES string of the molecule is NC(=O)c1cc(F)c(Cc2cnc(Cl)nc2)c2c1[nH]c1ccccc12. The van der Waals surface area contributed by atoms with E-state index in [2.05, 4.69) is 15.0 Å². The highest BCUT2D eigenvalue weighted by molar-refractivity contribution is 6.28. The van der Waals surface area contributed by atoms with Crippen LogP contribution in [0, 0.1) is 5.82 Å². The Morgan fingerprint density at radius 1 is 1.24 bits per heavy atom. The van der Waals surface area contributed by atoms with Crippen molar-refractivity contribution in [1.29, 1.82) is 0 Å². The molecule has 2 aromatic carbocycles. The Morgan fingerprint density at radius 3 is 2.68 bits per heavy atom. The molecule has 0 spiro atoms. The van der Waals surface area contributed by atoms with E-state index in [9.17, 15) is 9.18 Å². The molecule has 0 atom stereocenters. The summed E-state index contributed by atoms with van der Waals surface area (Å²) in [7, 11) is 0. The van der Waals surface area contributed by atoms with Crippen molar-refractivity contribution < 1.29 is 9.18 Å². The second-order valence-corrected chi connectivity index (χ2v) is 6.04. The van der Waals surface area contributed by atoms with Gasteiger partial charge in [0.25, 0.3) is 5.91 Å². The number of nitrogens with zero attached hydrogens (tertiary/aromatic N) is 2. The molecule has 0 aliphatic carbocycles. The summed E-state index contributed by atoms with van der Waals surface area (Å²) in [6.45, 7) is 0. The number of halogens is 2. The lowest BCUT2D eigenvalue weighted by molar-refractivity contribution is 0.100. The van der Waals surface area contributed by atoms with Gasteiger partial charge in [0.2, 0.25) is 5.28 Å². The van der Waals surface area contributed by atoms with Gasteiger partial charge in [-0.15, -0.1) is 0 Å². The zero-order valence-corrected chi connectivity index (χ0v) is 13.6. The molecule has 2 heterocycles. The molecule has 1 amide bonds. The third-order valence-corrected chi connectivity index (χ3v) is 4.35. The zero-order chi connectivity index (χ0) is 17.6. The maximum absolute atomic E-state index is 14.8. The molecule has 0 bridgehead atoms. The van der Waals surface area contributed by atoms with Crippen molar-refractivity contribution in [2.24, 2.45) is 5.73 Å². The number of hydrogen-bond donors (Lipinski definition) is 2.